The Morgan fingerprint density at radius 2 is 1.86 bits per heavy atom. The molecule has 2 aromatic rings. The minimum atomic E-state index is -0.617. The first-order chi connectivity index (χ1) is 10.6. The topological polar surface area (TPSA) is 32.3 Å². The zero-order valence-corrected chi connectivity index (χ0v) is 14.8. The lowest BCUT2D eigenvalue weighted by molar-refractivity contribution is 0.141. The van der Waals surface area contributed by atoms with Crippen LogP contribution in [0.5, 0.6) is 0 Å². The Hall–Kier alpha value is -0.710. The van der Waals surface area contributed by atoms with Crippen LogP contribution in [0.3, 0.4) is 0 Å². The fraction of sp³-hybridized carbons (Fsp3) is 0.294. The van der Waals surface area contributed by atoms with Gasteiger partial charge in [-0.3, -0.25) is 0 Å². The van der Waals surface area contributed by atoms with Gasteiger partial charge in [-0.05, 0) is 42.6 Å². The standard InChI is InChI=1S/C17H19Cl2NOS/c1-20-10-13(11-7-8-14(18)15(19)9-11)17(21)12-5-3-4-6-16(12)22-2/h3-9,13,17,20-21H,10H2,1-2H3/t13-,17-/m0/s1. The summed E-state index contributed by atoms with van der Waals surface area (Å²) in [6.07, 6.45) is 1.39. The number of hydrogen-bond donors (Lipinski definition) is 2. The molecular formula is C17H19Cl2NOS. The van der Waals surface area contributed by atoms with E-state index in [9.17, 15) is 5.11 Å². The summed E-state index contributed by atoms with van der Waals surface area (Å²) in [5, 5.41) is 15.1. The van der Waals surface area contributed by atoms with Crippen molar-refractivity contribution in [1.82, 2.24) is 5.32 Å². The van der Waals surface area contributed by atoms with Gasteiger partial charge in [0.2, 0.25) is 0 Å². The lowest BCUT2D eigenvalue weighted by atomic mass is 9.89. The van der Waals surface area contributed by atoms with Crippen LogP contribution in [-0.4, -0.2) is 25.0 Å². The number of thioether (sulfide) groups is 1. The van der Waals surface area contributed by atoms with E-state index in [0.717, 1.165) is 16.0 Å². The van der Waals surface area contributed by atoms with Gasteiger partial charge in [-0.15, -0.1) is 11.8 Å². The number of halogens is 2. The third kappa shape index (κ3) is 3.98. The van der Waals surface area contributed by atoms with Crippen molar-refractivity contribution in [2.75, 3.05) is 19.8 Å². The molecule has 0 radical (unpaired) electrons. The van der Waals surface area contributed by atoms with Gasteiger partial charge in [0.1, 0.15) is 0 Å². The van der Waals surface area contributed by atoms with E-state index in [1.54, 1.807) is 17.8 Å². The summed E-state index contributed by atoms with van der Waals surface area (Å²) in [6.45, 7) is 0.641. The molecule has 0 aliphatic carbocycles. The molecule has 0 fully saturated rings. The van der Waals surface area contributed by atoms with Crippen molar-refractivity contribution in [2.24, 2.45) is 0 Å². The molecule has 22 heavy (non-hydrogen) atoms. The van der Waals surface area contributed by atoms with Gasteiger partial charge in [-0.25, -0.2) is 0 Å². The highest BCUT2D eigenvalue weighted by Crippen LogP contribution is 2.37. The van der Waals surface area contributed by atoms with Crippen LogP contribution in [0, 0.1) is 0 Å². The van der Waals surface area contributed by atoms with Gasteiger partial charge in [-0.1, -0.05) is 47.5 Å². The molecule has 0 spiro atoms. The predicted molar refractivity (Wildman–Crippen MR) is 96.3 cm³/mol. The number of rotatable bonds is 6. The molecule has 5 heteroatoms. The van der Waals surface area contributed by atoms with Crippen molar-refractivity contribution in [2.45, 2.75) is 16.9 Å². The first-order valence-electron chi connectivity index (χ1n) is 6.99. The molecule has 2 aromatic carbocycles. The second-order valence-electron chi connectivity index (χ2n) is 5.02. The van der Waals surface area contributed by atoms with Crippen LogP contribution in [0.1, 0.15) is 23.1 Å². The summed E-state index contributed by atoms with van der Waals surface area (Å²) >= 11 is 13.8. The summed E-state index contributed by atoms with van der Waals surface area (Å²) in [5.41, 5.74) is 1.90. The average molecular weight is 356 g/mol. The molecule has 2 rings (SSSR count). The van der Waals surface area contributed by atoms with Crippen LogP contribution in [-0.2, 0) is 0 Å². The Morgan fingerprint density at radius 1 is 1.14 bits per heavy atom. The Labute approximate surface area is 145 Å². The maximum absolute atomic E-state index is 10.9. The molecule has 0 aromatic heterocycles. The van der Waals surface area contributed by atoms with Crippen molar-refractivity contribution in [1.29, 1.82) is 0 Å². The van der Waals surface area contributed by atoms with E-state index in [-0.39, 0.29) is 5.92 Å². The number of hydrogen-bond acceptors (Lipinski definition) is 3. The normalized spacial score (nSPS) is 13.9. The lowest BCUT2D eigenvalue weighted by Gasteiger charge is -2.25. The van der Waals surface area contributed by atoms with Crippen LogP contribution in [0.15, 0.2) is 47.4 Å². The van der Waals surface area contributed by atoms with Crippen molar-refractivity contribution in [3.05, 3.63) is 63.6 Å². The Bertz CT molecular complexity index is 636. The van der Waals surface area contributed by atoms with Crippen molar-refractivity contribution in [3.8, 4) is 0 Å². The molecule has 0 aliphatic rings. The molecule has 0 aliphatic heterocycles. The molecule has 0 unspecified atom stereocenters. The minimum Gasteiger partial charge on any atom is -0.388 e. The Kier molecular flexibility index (Phi) is 6.60. The van der Waals surface area contributed by atoms with Gasteiger partial charge < -0.3 is 10.4 Å². The molecule has 0 amide bonds. The number of likely N-dealkylation sites (N-methyl/N-ethyl adjacent to an activating group) is 1. The van der Waals surface area contributed by atoms with E-state index < -0.39 is 6.10 Å². The second kappa shape index (κ2) is 8.23. The van der Waals surface area contributed by atoms with Gasteiger partial charge in [0.25, 0.3) is 0 Å². The number of benzene rings is 2. The SMILES string of the molecule is CNC[C@@H](c1ccc(Cl)c(Cl)c1)[C@@H](O)c1ccccc1SC. The third-order valence-corrected chi connectivity index (χ3v) is 5.19. The highest BCUT2D eigenvalue weighted by molar-refractivity contribution is 7.98. The molecule has 118 valence electrons. The van der Waals surface area contributed by atoms with Gasteiger partial charge in [-0.2, -0.15) is 0 Å². The summed E-state index contributed by atoms with van der Waals surface area (Å²) < 4.78 is 0. The number of aliphatic hydroxyl groups is 1. The van der Waals surface area contributed by atoms with E-state index in [1.165, 1.54) is 0 Å². The van der Waals surface area contributed by atoms with E-state index >= 15 is 0 Å². The summed E-state index contributed by atoms with van der Waals surface area (Å²) in [5.74, 6) is -0.104. The first kappa shape index (κ1) is 17.6. The lowest BCUT2D eigenvalue weighted by Crippen LogP contribution is -2.23. The Morgan fingerprint density at radius 3 is 2.50 bits per heavy atom. The molecule has 2 atom stereocenters. The predicted octanol–water partition coefficient (Wildman–Crippen LogP) is 4.75. The average Bonchev–Trinajstić information content (AvgIpc) is 2.54. The van der Waals surface area contributed by atoms with Gasteiger partial charge in [0.05, 0.1) is 16.1 Å². The number of nitrogens with one attached hydrogen (secondary N) is 1. The van der Waals surface area contributed by atoms with Crippen LogP contribution < -0.4 is 5.32 Å². The highest BCUT2D eigenvalue weighted by Gasteiger charge is 2.24. The van der Waals surface area contributed by atoms with Crippen LogP contribution >= 0.6 is 35.0 Å². The molecule has 0 bridgehead atoms. The highest BCUT2D eigenvalue weighted by atomic mass is 35.5. The maximum atomic E-state index is 10.9. The monoisotopic (exact) mass is 355 g/mol. The van der Waals surface area contributed by atoms with E-state index in [4.69, 9.17) is 23.2 Å². The Balaban J connectivity index is 2.40. The molecule has 0 saturated heterocycles. The van der Waals surface area contributed by atoms with E-state index in [2.05, 4.69) is 5.32 Å². The first-order valence-corrected chi connectivity index (χ1v) is 8.97. The summed E-state index contributed by atoms with van der Waals surface area (Å²) in [4.78, 5) is 1.08. The maximum Gasteiger partial charge on any atom is 0.0881 e. The van der Waals surface area contributed by atoms with Gasteiger partial charge in [0.15, 0.2) is 0 Å². The van der Waals surface area contributed by atoms with Crippen molar-refractivity contribution < 1.29 is 5.11 Å². The second-order valence-corrected chi connectivity index (χ2v) is 6.69. The molecular weight excluding hydrogens is 337 g/mol. The van der Waals surface area contributed by atoms with Crippen LogP contribution in [0.25, 0.3) is 0 Å². The zero-order valence-electron chi connectivity index (χ0n) is 12.5. The summed E-state index contributed by atoms with van der Waals surface area (Å²) in [6, 6.07) is 13.4. The molecule has 0 saturated carbocycles. The van der Waals surface area contributed by atoms with E-state index in [1.807, 2.05) is 49.7 Å². The fourth-order valence-electron chi connectivity index (χ4n) is 2.50. The van der Waals surface area contributed by atoms with Crippen molar-refractivity contribution in [3.63, 3.8) is 0 Å². The molecule has 2 N–H and O–H groups in total. The third-order valence-electron chi connectivity index (χ3n) is 3.63. The largest absolute Gasteiger partial charge is 0.388 e. The minimum absolute atomic E-state index is 0.104. The van der Waals surface area contributed by atoms with E-state index in [0.29, 0.717) is 16.6 Å². The van der Waals surface area contributed by atoms with Crippen LogP contribution in [0.2, 0.25) is 10.0 Å². The molecule has 2 nitrogen and oxygen atoms in total. The van der Waals surface area contributed by atoms with Gasteiger partial charge >= 0.3 is 0 Å². The summed E-state index contributed by atoms with van der Waals surface area (Å²) in [7, 11) is 1.87. The zero-order chi connectivity index (χ0) is 16.1. The van der Waals surface area contributed by atoms with Crippen molar-refractivity contribution >= 4 is 35.0 Å². The van der Waals surface area contributed by atoms with Gasteiger partial charge in [0, 0.05) is 17.4 Å². The fourth-order valence-corrected chi connectivity index (χ4v) is 3.45. The number of aliphatic hydroxyl groups excluding tert-OH is 1. The quantitative estimate of drug-likeness (QED) is 0.733. The molecule has 0 heterocycles. The van der Waals surface area contributed by atoms with Crippen LogP contribution in [0.4, 0.5) is 0 Å². The smallest absolute Gasteiger partial charge is 0.0881 e.